The molecule has 0 aliphatic heterocycles. The van der Waals surface area contributed by atoms with Crippen LogP contribution in [0.1, 0.15) is 47.0 Å². The van der Waals surface area contributed by atoms with Crippen molar-refractivity contribution >= 4 is 24.7 Å². The summed E-state index contributed by atoms with van der Waals surface area (Å²) in [6, 6.07) is 20.9. The van der Waals surface area contributed by atoms with Gasteiger partial charge in [-0.25, -0.2) is 0 Å². The molecule has 0 amide bonds. The van der Waals surface area contributed by atoms with Crippen LogP contribution < -0.4 is 10.4 Å². The van der Waals surface area contributed by atoms with Crippen molar-refractivity contribution in [3.63, 3.8) is 0 Å². The molecule has 2 aromatic carbocycles. The second-order valence-electron chi connectivity index (χ2n) is 8.46. The van der Waals surface area contributed by atoms with Crippen LogP contribution in [0.25, 0.3) is 0 Å². The maximum absolute atomic E-state index is 10.8. The second-order valence-corrected chi connectivity index (χ2v) is 12.8. The highest BCUT2D eigenvalue weighted by molar-refractivity contribution is 6.99. The lowest BCUT2D eigenvalue weighted by Crippen LogP contribution is -2.67. The van der Waals surface area contributed by atoms with Crippen LogP contribution >= 0.6 is 0 Å². The maximum Gasteiger partial charge on any atom is 0.302 e. The largest absolute Gasteiger partial charge is 0.466 e. The molecule has 1 atom stereocenters. The summed E-state index contributed by atoms with van der Waals surface area (Å²) in [4.78, 5) is 10.8. The molecule has 158 valence electrons. The van der Waals surface area contributed by atoms with E-state index in [-0.39, 0.29) is 11.0 Å². The summed E-state index contributed by atoms with van der Waals surface area (Å²) >= 11 is 0. The van der Waals surface area contributed by atoms with Gasteiger partial charge in [0.2, 0.25) is 0 Å². The third-order valence-electron chi connectivity index (χ3n) is 5.15. The molecule has 0 unspecified atom stereocenters. The molecule has 5 heteroatoms. The average Bonchev–Trinajstić information content (AvgIpc) is 2.68. The van der Waals surface area contributed by atoms with E-state index in [0.717, 1.165) is 12.8 Å². The number of ether oxygens (including phenoxy) is 1. The van der Waals surface area contributed by atoms with Gasteiger partial charge in [-0.05, 0) is 34.7 Å². The number of rotatable bonds is 10. The van der Waals surface area contributed by atoms with Gasteiger partial charge in [0.25, 0.3) is 8.32 Å². The zero-order valence-electron chi connectivity index (χ0n) is 18.1. The molecule has 0 bridgehead atoms. The van der Waals surface area contributed by atoms with Gasteiger partial charge in [-0.2, -0.15) is 0 Å². The topological polar surface area (TPSA) is 55.8 Å². The summed E-state index contributed by atoms with van der Waals surface area (Å²) in [6.07, 6.45) is 1.61. The number of carbonyl (C=O) groups excluding carboxylic acids is 1. The molecule has 0 saturated carbocycles. The van der Waals surface area contributed by atoms with Crippen molar-refractivity contribution < 1.29 is 19.1 Å². The summed E-state index contributed by atoms with van der Waals surface area (Å²) in [7, 11) is -2.61. The van der Waals surface area contributed by atoms with E-state index < -0.39 is 14.4 Å². The van der Waals surface area contributed by atoms with E-state index in [2.05, 4.69) is 69.3 Å². The van der Waals surface area contributed by atoms with Crippen molar-refractivity contribution in [1.29, 1.82) is 0 Å². The van der Waals surface area contributed by atoms with E-state index in [1.807, 2.05) is 12.1 Å². The Bertz CT molecular complexity index is 701. The Hall–Kier alpha value is -1.95. The van der Waals surface area contributed by atoms with Gasteiger partial charge in [0.15, 0.2) is 0 Å². The molecule has 29 heavy (non-hydrogen) atoms. The summed E-state index contributed by atoms with van der Waals surface area (Å²) in [5, 5.41) is 12.9. The van der Waals surface area contributed by atoms with Crippen LogP contribution in [0.2, 0.25) is 5.04 Å². The Morgan fingerprint density at radius 3 is 1.93 bits per heavy atom. The summed E-state index contributed by atoms with van der Waals surface area (Å²) in [5.74, 6) is -0.263. The quantitative estimate of drug-likeness (QED) is 0.366. The minimum Gasteiger partial charge on any atom is -0.466 e. The minimum atomic E-state index is -2.61. The van der Waals surface area contributed by atoms with Gasteiger partial charge in [-0.3, -0.25) is 4.79 Å². The number of aliphatic hydroxyl groups excluding tert-OH is 1. The number of aliphatic hydroxyl groups is 1. The van der Waals surface area contributed by atoms with Crippen LogP contribution in [0.4, 0.5) is 0 Å². The highest BCUT2D eigenvalue weighted by Gasteiger charge is 2.50. The van der Waals surface area contributed by atoms with E-state index in [1.54, 1.807) is 0 Å². The first kappa shape index (κ1) is 23.3. The minimum absolute atomic E-state index is 0.106. The fourth-order valence-electron chi connectivity index (χ4n) is 3.76. The van der Waals surface area contributed by atoms with Crippen LogP contribution in [-0.2, 0) is 14.0 Å². The summed E-state index contributed by atoms with van der Waals surface area (Å²) in [5.41, 5.74) is 0. The van der Waals surface area contributed by atoms with Crippen LogP contribution in [0.5, 0.6) is 0 Å². The number of esters is 1. The normalized spacial score (nSPS) is 13.1. The van der Waals surface area contributed by atoms with Gasteiger partial charge < -0.3 is 14.3 Å². The van der Waals surface area contributed by atoms with Crippen LogP contribution in [-0.4, -0.2) is 38.7 Å². The lowest BCUT2D eigenvalue weighted by molar-refractivity contribution is -0.141. The van der Waals surface area contributed by atoms with E-state index in [1.165, 1.54) is 17.3 Å². The first-order valence-electron chi connectivity index (χ1n) is 10.3. The average molecular weight is 415 g/mol. The SMILES string of the molecule is CC(=O)OCCCC[C@H](O)CO[Si](c1ccccc1)(c1ccccc1)C(C)(C)C. The smallest absolute Gasteiger partial charge is 0.302 e. The van der Waals surface area contributed by atoms with Crippen molar-refractivity contribution in [3.8, 4) is 0 Å². The molecule has 0 radical (unpaired) electrons. The Labute approximate surface area is 176 Å². The molecule has 1 N–H and O–H groups in total. The highest BCUT2D eigenvalue weighted by atomic mass is 28.4. The first-order valence-corrected chi connectivity index (χ1v) is 12.2. The Morgan fingerprint density at radius 2 is 1.48 bits per heavy atom. The van der Waals surface area contributed by atoms with Crippen LogP contribution in [0.15, 0.2) is 60.7 Å². The van der Waals surface area contributed by atoms with E-state index >= 15 is 0 Å². The highest BCUT2D eigenvalue weighted by Crippen LogP contribution is 2.36. The van der Waals surface area contributed by atoms with Crippen molar-refractivity contribution in [2.24, 2.45) is 0 Å². The third kappa shape index (κ3) is 6.26. The van der Waals surface area contributed by atoms with E-state index in [0.29, 0.717) is 19.6 Å². The number of hydrogen-bond donors (Lipinski definition) is 1. The Balaban J connectivity index is 2.17. The summed E-state index contributed by atoms with van der Waals surface area (Å²) < 4.78 is 11.7. The van der Waals surface area contributed by atoms with Gasteiger partial charge in [0.05, 0.1) is 19.3 Å². The zero-order valence-corrected chi connectivity index (χ0v) is 19.1. The van der Waals surface area contributed by atoms with Gasteiger partial charge in [0.1, 0.15) is 0 Å². The molecule has 0 spiro atoms. The van der Waals surface area contributed by atoms with Gasteiger partial charge in [-0.15, -0.1) is 0 Å². The lowest BCUT2D eigenvalue weighted by atomic mass is 10.2. The molecule has 0 aliphatic carbocycles. The molecular formula is C24H34O4Si. The van der Waals surface area contributed by atoms with Gasteiger partial charge in [0, 0.05) is 6.92 Å². The lowest BCUT2D eigenvalue weighted by Gasteiger charge is -2.43. The van der Waals surface area contributed by atoms with Gasteiger partial charge in [-0.1, -0.05) is 81.4 Å². The second kappa shape index (κ2) is 10.7. The molecule has 0 saturated heterocycles. The number of hydrogen-bond acceptors (Lipinski definition) is 4. The standard InChI is InChI=1S/C24H34O4Si/c1-20(25)27-18-12-11-13-21(26)19-28-29(24(2,3)4,22-14-7-5-8-15-22)23-16-9-6-10-17-23/h5-10,14-17,21,26H,11-13,18-19H2,1-4H3/t21-/m0/s1. The van der Waals surface area contributed by atoms with Crippen molar-refractivity contribution in [3.05, 3.63) is 60.7 Å². The molecule has 2 rings (SSSR count). The van der Waals surface area contributed by atoms with Crippen LogP contribution in [0.3, 0.4) is 0 Å². The van der Waals surface area contributed by atoms with Crippen molar-refractivity contribution in [2.75, 3.05) is 13.2 Å². The van der Waals surface area contributed by atoms with Crippen molar-refractivity contribution in [2.45, 2.75) is 58.1 Å². The Morgan fingerprint density at radius 1 is 0.966 bits per heavy atom. The van der Waals surface area contributed by atoms with Gasteiger partial charge >= 0.3 is 5.97 Å². The van der Waals surface area contributed by atoms with E-state index in [4.69, 9.17) is 9.16 Å². The Kier molecular flexibility index (Phi) is 8.62. The predicted octanol–water partition coefficient (Wildman–Crippen LogP) is 3.66. The molecule has 2 aromatic rings. The molecule has 0 heterocycles. The van der Waals surface area contributed by atoms with Crippen molar-refractivity contribution in [1.82, 2.24) is 0 Å². The van der Waals surface area contributed by atoms with E-state index in [9.17, 15) is 9.90 Å². The van der Waals surface area contributed by atoms with Crippen LogP contribution in [0, 0.1) is 0 Å². The molecule has 0 aromatic heterocycles. The molecule has 0 fully saturated rings. The zero-order chi connectivity index (χ0) is 21.3. The number of unbranched alkanes of at least 4 members (excludes halogenated alkanes) is 1. The first-order chi connectivity index (χ1) is 13.8. The number of benzene rings is 2. The maximum atomic E-state index is 10.8. The fourth-order valence-corrected chi connectivity index (χ4v) is 8.36. The number of carbonyl (C=O) groups is 1. The third-order valence-corrected chi connectivity index (χ3v) is 10.2. The molecule has 0 aliphatic rings. The fraction of sp³-hybridized carbons (Fsp3) is 0.458. The monoisotopic (exact) mass is 414 g/mol. The molecule has 4 nitrogen and oxygen atoms in total. The predicted molar refractivity (Wildman–Crippen MR) is 120 cm³/mol. The molecular weight excluding hydrogens is 380 g/mol. The summed E-state index contributed by atoms with van der Waals surface area (Å²) in [6.45, 7) is 8.78.